The third-order valence-electron chi connectivity index (χ3n) is 11.0. The molecule has 1 aromatic rings. The number of cyclic esters (lactones) is 2. The first kappa shape index (κ1) is 27.9. The lowest BCUT2D eigenvalue weighted by Crippen LogP contribution is -2.76. The van der Waals surface area contributed by atoms with Crippen molar-refractivity contribution in [2.75, 3.05) is 0 Å². The van der Waals surface area contributed by atoms with Gasteiger partial charge >= 0.3 is 23.9 Å². The molecule has 5 aliphatic rings. The van der Waals surface area contributed by atoms with Gasteiger partial charge in [0.2, 0.25) is 0 Å². The fraction of sp³-hybridized carbons (Fsp3) is 0.700. The van der Waals surface area contributed by atoms with E-state index in [-0.39, 0.29) is 25.0 Å². The Morgan fingerprint density at radius 1 is 0.951 bits per heavy atom. The summed E-state index contributed by atoms with van der Waals surface area (Å²) in [4.78, 5) is 66.2. The van der Waals surface area contributed by atoms with Crippen molar-refractivity contribution < 1.29 is 52.1 Å². The smallest absolute Gasteiger partial charge is 0.339 e. The number of rotatable bonds is 3. The predicted molar refractivity (Wildman–Crippen MR) is 137 cm³/mol. The van der Waals surface area contributed by atoms with Crippen LogP contribution >= 0.6 is 0 Å². The molecule has 0 unspecified atom stereocenters. The number of carbonyl (C=O) groups excluding carboxylic acids is 5. The van der Waals surface area contributed by atoms with Gasteiger partial charge in [0.15, 0.2) is 6.10 Å². The zero-order chi connectivity index (χ0) is 29.9. The molecule has 3 saturated heterocycles. The lowest BCUT2D eigenvalue weighted by Gasteiger charge is -2.67. The summed E-state index contributed by atoms with van der Waals surface area (Å²) in [6.45, 7) is 11.6. The normalized spacial score (nSPS) is 45.9. The molecule has 5 fully saturated rings. The molecule has 0 radical (unpaired) electrons. The molecule has 6 rings (SSSR count). The van der Waals surface area contributed by atoms with Gasteiger partial charge in [-0.3, -0.25) is 19.2 Å². The molecule has 4 heterocycles. The topological polar surface area (TPSA) is 148 Å². The Morgan fingerprint density at radius 3 is 2.22 bits per heavy atom. The van der Waals surface area contributed by atoms with Crippen LogP contribution in [0.4, 0.5) is 0 Å². The van der Waals surface area contributed by atoms with E-state index < -0.39 is 87.6 Å². The SMILES string of the molecule is CC(=O)O[C@H]1CC(=O)OC(C)(C)[C@@H]2C[C@@H](OC(C)=O)[C@]3(C)[C@H](C(=O)C[C@@]4(C)[C@H](c5ccoc5)OC(=O)[C@H]5O[C@@]534)[C@@]12C. The predicted octanol–water partition coefficient (Wildman–Crippen LogP) is 3.23. The highest BCUT2D eigenvalue weighted by Gasteiger charge is 2.90. The number of epoxide rings is 1. The number of furan rings is 1. The van der Waals surface area contributed by atoms with Gasteiger partial charge in [0, 0.05) is 53.9 Å². The van der Waals surface area contributed by atoms with Crippen molar-refractivity contribution in [1.29, 1.82) is 0 Å². The second-order valence-corrected chi connectivity index (χ2v) is 13.5. The van der Waals surface area contributed by atoms with Gasteiger partial charge in [-0.1, -0.05) is 20.8 Å². The largest absolute Gasteiger partial charge is 0.472 e. The number of ether oxygens (including phenoxy) is 5. The number of Topliss-reactive ketones (excluding diaryl/α,β-unsaturated/α-hetero) is 1. The number of esters is 4. The van der Waals surface area contributed by atoms with Crippen LogP contribution in [-0.2, 0) is 47.7 Å². The molecule has 222 valence electrons. The molecule has 11 heteroatoms. The van der Waals surface area contributed by atoms with Crippen LogP contribution in [0.1, 0.15) is 79.4 Å². The van der Waals surface area contributed by atoms with Crippen LogP contribution in [0.25, 0.3) is 0 Å². The summed E-state index contributed by atoms with van der Waals surface area (Å²) in [6.07, 6.45) is -0.939. The fourth-order valence-corrected chi connectivity index (χ4v) is 9.72. The van der Waals surface area contributed by atoms with Crippen LogP contribution in [0, 0.1) is 28.1 Å². The Balaban J connectivity index is 1.61. The van der Waals surface area contributed by atoms with E-state index in [1.165, 1.54) is 26.4 Å². The van der Waals surface area contributed by atoms with Gasteiger partial charge in [0.05, 0.1) is 18.9 Å². The highest BCUT2D eigenvalue weighted by atomic mass is 16.7. The third kappa shape index (κ3) is 3.38. The molecule has 2 aliphatic carbocycles. The van der Waals surface area contributed by atoms with E-state index in [0.717, 1.165) is 0 Å². The second kappa shape index (κ2) is 8.42. The molecule has 0 N–H and O–H groups in total. The van der Waals surface area contributed by atoms with E-state index in [4.69, 9.17) is 28.1 Å². The van der Waals surface area contributed by atoms with Crippen LogP contribution in [-0.4, -0.2) is 59.2 Å². The Morgan fingerprint density at radius 2 is 1.61 bits per heavy atom. The molecule has 3 aliphatic heterocycles. The second-order valence-electron chi connectivity index (χ2n) is 13.5. The number of hydrogen-bond donors (Lipinski definition) is 0. The Kier molecular flexibility index (Phi) is 5.74. The molecule has 41 heavy (non-hydrogen) atoms. The van der Waals surface area contributed by atoms with E-state index in [2.05, 4.69) is 0 Å². The van der Waals surface area contributed by atoms with Crippen LogP contribution in [0.3, 0.4) is 0 Å². The summed E-state index contributed by atoms with van der Waals surface area (Å²) in [5.41, 5.74) is -5.27. The number of ketones is 1. The van der Waals surface area contributed by atoms with Crippen molar-refractivity contribution in [3.8, 4) is 0 Å². The summed E-state index contributed by atoms with van der Waals surface area (Å²) in [5.74, 6) is -3.98. The van der Waals surface area contributed by atoms with E-state index in [1.807, 2.05) is 20.8 Å². The standard InChI is InChI=1S/C30H36O11/c1-14(31)37-19-11-21(34)40-26(3,4)18-10-20(38-15(2)32)29(7)22(28(18,19)6)17(33)12-27(5)23(16-8-9-36-13-16)39-25(35)24-30(27,29)41-24/h8-9,13,18-20,22-24H,10-12H2,1-7H3/t18-,19-,20+,22+,23-,24+,27-,28+,29+,30+/m0/s1. The summed E-state index contributed by atoms with van der Waals surface area (Å²) >= 11 is 0. The highest BCUT2D eigenvalue weighted by Crippen LogP contribution is 2.79. The van der Waals surface area contributed by atoms with Gasteiger partial charge in [0.25, 0.3) is 0 Å². The van der Waals surface area contributed by atoms with Crippen LogP contribution in [0.15, 0.2) is 23.0 Å². The van der Waals surface area contributed by atoms with Crippen LogP contribution in [0.5, 0.6) is 0 Å². The maximum atomic E-state index is 14.8. The van der Waals surface area contributed by atoms with Crippen molar-refractivity contribution in [3.05, 3.63) is 24.2 Å². The Bertz CT molecular complexity index is 1350. The number of fused-ring (bicyclic) bond motifs is 3. The minimum absolute atomic E-state index is 0.0377. The molecule has 0 bridgehead atoms. The third-order valence-corrected chi connectivity index (χ3v) is 11.0. The van der Waals surface area contributed by atoms with Crippen LogP contribution in [0.2, 0.25) is 0 Å². The van der Waals surface area contributed by atoms with Crippen LogP contribution < -0.4 is 0 Å². The Labute approximate surface area is 237 Å². The van der Waals surface area contributed by atoms with Gasteiger partial charge in [-0.05, 0) is 26.3 Å². The van der Waals surface area contributed by atoms with Crippen molar-refractivity contribution in [3.63, 3.8) is 0 Å². The first-order chi connectivity index (χ1) is 19.0. The number of hydrogen-bond acceptors (Lipinski definition) is 11. The summed E-state index contributed by atoms with van der Waals surface area (Å²) in [7, 11) is 0. The van der Waals surface area contributed by atoms with Crippen molar-refractivity contribution >= 4 is 29.7 Å². The summed E-state index contributed by atoms with van der Waals surface area (Å²) in [5, 5.41) is 0. The van der Waals surface area contributed by atoms with E-state index in [0.29, 0.717) is 5.56 Å². The minimum Gasteiger partial charge on any atom is -0.472 e. The van der Waals surface area contributed by atoms with E-state index in [9.17, 15) is 24.0 Å². The van der Waals surface area contributed by atoms with Gasteiger partial charge < -0.3 is 28.1 Å². The van der Waals surface area contributed by atoms with Crippen molar-refractivity contribution in [2.24, 2.45) is 28.1 Å². The fourth-order valence-electron chi connectivity index (χ4n) is 9.72. The molecular weight excluding hydrogens is 536 g/mol. The lowest BCUT2D eigenvalue weighted by atomic mass is 9.36. The maximum Gasteiger partial charge on any atom is 0.339 e. The van der Waals surface area contributed by atoms with Gasteiger partial charge in [0.1, 0.15) is 35.3 Å². The monoisotopic (exact) mass is 572 g/mol. The molecule has 1 spiro atoms. The van der Waals surface area contributed by atoms with E-state index in [1.54, 1.807) is 19.9 Å². The molecule has 0 amide bonds. The average Bonchev–Trinajstić information content (AvgIpc) is 3.43. The molecule has 0 aromatic carbocycles. The highest BCUT2D eigenvalue weighted by molar-refractivity contribution is 5.91. The zero-order valence-corrected chi connectivity index (χ0v) is 24.3. The first-order valence-corrected chi connectivity index (χ1v) is 14.0. The Hall–Kier alpha value is -3.21. The first-order valence-electron chi connectivity index (χ1n) is 14.0. The maximum absolute atomic E-state index is 14.8. The van der Waals surface area contributed by atoms with Crippen molar-refractivity contribution in [2.45, 2.75) is 103 Å². The number of carbonyl (C=O) groups is 5. The van der Waals surface area contributed by atoms with Crippen molar-refractivity contribution in [1.82, 2.24) is 0 Å². The van der Waals surface area contributed by atoms with Gasteiger partial charge in [-0.25, -0.2) is 4.79 Å². The summed E-state index contributed by atoms with van der Waals surface area (Å²) in [6, 6.07) is 1.69. The van der Waals surface area contributed by atoms with Gasteiger partial charge in [-0.15, -0.1) is 0 Å². The zero-order valence-electron chi connectivity index (χ0n) is 24.3. The summed E-state index contributed by atoms with van der Waals surface area (Å²) < 4.78 is 35.4. The van der Waals surface area contributed by atoms with Gasteiger partial charge in [-0.2, -0.15) is 0 Å². The molecular formula is C30H36O11. The molecule has 10 atom stereocenters. The molecule has 11 nitrogen and oxygen atoms in total. The lowest BCUT2D eigenvalue weighted by molar-refractivity contribution is -0.265. The quantitative estimate of drug-likeness (QED) is 0.299. The van der Waals surface area contributed by atoms with E-state index >= 15 is 0 Å². The molecule has 1 aromatic heterocycles. The molecule has 2 saturated carbocycles. The minimum atomic E-state index is -1.28. The average molecular weight is 573 g/mol.